The third kappa shape index (κ3) is 17.4. The second-order valence-corrected chi connectivity index (χ2v) is 17.1. The standard InChI is InChI=1S/C45H66N8O7/c1-30(2)34(21-22-48-42(46)53-43(57)59-28-33-19-13-8-14-20-33)25-39(54)36(23-31-15-9-6-10-16-31)50-41(56)38(26-35-27-47-29-49-35)51-40(55)37(24-32-17-11-7-12-18-32)52-44(58)60-45(3,4)5/h7-8,11-14,17-20,27,29-31,34,36-39,54H,6,9-10,15-16,21-26,28H2,1-5H3,(H,47,49)(H,50,56)(H,51,55)(H,52,58)(H3,46,48,53,57)/t34-,36-,37-,38-,39-/m0/s1. The lowest BCUT2D eigenvalue weighted by molar-refractivity contribution is -0.131. The quantitative estimate of drug-likeness (QED) is 0.0549. The van der Waals surface area contributed by atoms with Gasteiger partial charge in [-0.3, -0.25) is 19.9 Å². The van der Waals surface area contributed by atoms with E-state index in [2.05, 4.69) is 50.1 Å². The van der Waals surface area contributed by atoms with Crippen LogP contribution in [-0.2, 0) is 38.5 Å². The van der Waals surface area contributed by atoms with Gasteiger partial charge in [0.1, 0.15) is 24.3 Å². The molecule has 1 aliphatic rings. The monoisotopic (exact) mass is 831 g/mol. The Hall–Kier alpha value is -5.44. The fourth-order valence-corrected chi connectivity index (χ4v) is 7.44. The number of amides is 4. The third-order valence-electron chi connectivity index (χ3n) is 10.7. The molecule has 4 amide bonds. The number of guanidine groups is 1. The summed E-state index contributed by atoms with van der Waals surface area (Å²) >= 11 is 0. The summed E-state index contributed by atoms with van der Waals surface area (Å²) in [5, 5.41) is 23.2. The van der Waals surface area contributed by atoms with Gasteiger partial charge < -0.3 is 41.2 Å². The number of H-pyrrole nitrogens is 1. The number of aromatic nitrogens is 2. The van der Waals surface area contributed by atoms with Crippen LogP contribution in [0, 0.1) is 17.8 Å². The number of carbonyl (C=O) groups excluding carboxylic acids is 4. The first-order chi connectivity index (χ1) is 28.6. The van der Waals surface area contributed by atoms with Crippen LogP contribution in [-0.4, -0.2) is 81.4 Å². The van der Waals surface area contributed by atoms with Crippen LogP contribution in [0.5, 0.6) is 0 Å². The maximum Gasteiger partial charge on any atom is 0.414 e. The predicted molar refractivity (Wildman–Crippen MR) is 230 cm³/mol. The zero-order chi connectivity index (χ0) is 43.5. The Labute approximate surface area is 354 Å². The van der Waals surface area contributed by atoms with E-state index in [1.54, 1.807) is 27.0 Å². The van der Waals surface area contributed by atoms with E-state index in [9.17, 15) is 24.3 Å². The van der Waals surface area contributed by atoms with Crippen LogP contribution in [0.1, 0.15) is 103 Å². The summed E-state index contributed by atoms with van der Waals surface area (Å²) in [7, 11) is 0. The van der Waals surface area contributed by atoms with Crippen molar-refractivity contribution >= 4 is 30.0 Å². The summed E-state index contributed by atoms with van der Waals surface area (Å²) < 4.78 is 10.7. The molecule has 328 valence electrons. The largest absolute Gasteiger partial charge is 0.444 e. The molecule has 1 heterocycles. The number of ether oxygens (including phenoxy) is 2. The number of aliphatic hydroxyl groups is 1. The van der Waals surface area contributed by atoms with E-state index < -0.39 is 53.8 Å². The molecule has 1 aliphatic carbocycles. The minimum Gasteiger partial charge on any atom is -0.444 e. The fraction of sp³-hybridized carbons (Fsp3) is 0.556. The number of aliphatic imine (C=N–C) groups is 1. The second kappa shape index (κ2) is 24.0. The summed E-state index contributed by atoms with van der Waals surface area (Å²) in [6, 6.07) is 15.9. The minimum atomic E-state index is -1.07. The molecule has 0 radical (unpaired) electrons. The normalized spacial score (nSPS) is 16.1. The smallest absolute Gasteiger partial charge is 0.414 e. The van der Waals surface area contributed by atoms with Crippen LogP contribution < -0.4 is 27.0 Å². The number of hydrogen-bond donors (Lipinski definition) is 7. The van der Waals surface area contributed by atoms with Crippen LogP contribution in [0.4, 0.5) is 9.59 Å². The summed E-state index contributed by atoms with van der Waals surface area (Å²) in [5.74, 6) is -0.592. The Morgan fingerprint density at radius 1 is 0.883 bits per heavy atom. The first-order valence-electron chi connectivity index (χ1n) is 21.2. The SMILES string of the molecule is CC(C)[C@@H](CCN=C(N)NC(=O)OCc1ccccc1)C[C@H](O)[C@H](CC1CCCCC1)NC(=O)[C@H](Cc1cnc[nH]1)NC(=O)[C@H](Cc1ccccc1)NC(=O)OC(C)(C)C. The highest BCUT2D eigenvalue weighted by Crippen LogP contribution is 2.30. The molecule has 2 aromatic carbocycles. The lowest BCUT2D eigenvalue weighted by Crippen LogP contribution is -2.57. The summed E-state index contributed by atoms with van der Waals surface area (Å²) in [6.07, 6.45) is 7.89. The highest BCUT2D eigenvalue weighted by Gasteiger charge is 2.33. The van der Waals surface area contributed by atoms with E-state index in [0.29, 0.717) is 37.4 Å². The van der Waals surface area contributed by atoms with Gasteiger partial charge in [0.25, 0.3) is 0 Å². The van der Waals surface area contributed by atoms with Gasteiger partial charge in [0.05, 0.1) is 18.5 Å². The topological polar surface area (TPSA) is 222 Å². The molecule has 15 heteroatoms. The lowest BCUT2D eigenvalue weighted by atomic mass is 9.80. The fourth-order valence-electron chi connectivity index (χ4n) is 7.44. The van der Waals surface area contributed by atoms with Gasteiger partial charge in [-0.05, 0) is 68.9 Å². The first kappa shape index (κ1) is 47.2. The first-order valence-corrected chi connectivity index (χ1v) is 21.2. The van der Waals surface area contributed by atoms with Crippen LogP contribution in [0.3, 0.4) is 0 Å². The number of benzene rings is 2. The minimum absolute atomic E-state index is 0.00510. The van der Waals surface area contributed by atoms with Crippen molar-refractivity contribution in [2.45, 2.75) is 135 Å². The van der Waals surface area contributed by atoms with Crippen LogP contribution in [0.2, 0.25) is 0 Å². The Bertz CT molecular complexity index is 1780. The summed E-state index contributed by atoms with van der Waals surface area (Å²) in [5.41, 5.74) is 7.50. The van der Waals surface area contributed by atoms with Gasteiger partial charge in [-0.15, -0.1) is 0 Å². The van der Waals surface area contributed by atoms with Crippen molar-refractivity contribution in [3.63, 3.8) is 0 Å². The van der Waals surface area contributed by atoms with Gasteiger partial charge in [-0.1, -0.05) is 107 Å². The van der Waals surface area contributed by atoms with Crippen molar-refractivity contribution in [3.8, 4) is 0 Å². The number of imidazole rings is 1. The van der Waals surface area contributed by atoms with Crippen molar-refractivity contribution in [2.24, 2.45) is 28.5 Å². The maximum atomic E-state index is 14.4. The zero-order valence-corrected chi connectivity index (χ0v) is 35.8. The Morgan fingerprint density at radius 3 is 2.13 bits per heavy atom. The van der Waals surface area contributed by atoms with Gasteiger partial charge in [-0.2, -0.15) is 0 Å². The van der Waals surface area contributed by atoms with Gasteiger partial charge >= 0.3 is 12.2 Å². The molecule has 1 aromatic heterocycles. The van der Waals surface area contributed by atoms with Gasteiger partial charge in [0.15, 0.2) is 5.96 Å². The summed E-state index contributed by atoms with van der Waals surface area (Å²) in [6.45, 7) is 9.77. The predicted octanol–water partition coefficient (Wildman–Crippen LogP) is 5.68. The van der Waals surface area contributed by atoms with Crippen molar-refractivity contribution < 1.29 is 33.8 Å². The molecular weight excluding hydrogens is 765 g/mol. The molecule has 0 aliphatic heterocycles. The molecule has 15 nitrogen and oxygen atoms in total. The average molecular weight is 831 g/mol. The molecule has 1 fully saturated rings. The highest BCUT2D eigenvalue weighted by molar-refractivity contribution is 5.93. The Balaban J connectivity index is 1.46. The van der Waals surface area contributed by atoms with E-state index in [1.165, 1.54) is 6.33 Å². The number of rotatable bonds is 20. The number of aromatic amines is 1. The number of aliphatic hydroxyl groups excluding tert-OH is 1. The van der Waals surface area contributed by atoms with Crippen molar-refractivity contribution in [1.29, 1.82) is 0 Å². The molecule has 4 rings (SSSR count). The molecule has 3 aromatic rings. The number of alkyl carbamates (subject to hydrolysis) is 2. The van der Waals surface area contributed by atoms with E-state index >= 15 is 0 Å². The Kier molecular flexibility index (Phi) is 18.9. The molecule has 8 N–H and O–H groups in total. The average Bonchev–Trinajstić information content (AvgIpc) is 3.72. The number of nitrogens with two attached hydrogens (primary N) is 1. The van der Waals surface area contributed by atoms with Gasteiger partial charge in [0.2, 0.25) is 11.8 Å². The van der Waals surface area contributed by atoms with Gasteiger partial charge in [0, 0.05) is 31.3 Å². The second-order valence-electron chi connectivity index (χ2n) is 17.1. The number of hydrogen-bond acceptors (Lipinski definition) is 9. The molecule has 0 spiro atoms. The number of nitrogens with one attached hydrogen (secondary N) is 5. The van der Waals surface area contributed by atoms with E-state index in [0.717, 1.165) is 43.2 Å². The molecular formula is C45H66N8O7. The Morgan fingerprint density at radius 2 is 1.52 bits per heavy atom. The third-order valence-corrected chi connectivity index (χ3v) is 10.7. The lowest BCUT2D eigenvalue weighted by Gasteiger charge is -2.34. The van der Waals surface area contributed by atoms with E-state index in [4.69, 9.17) is 15.2 Å². The van der Waals surface area contributed by atoms with Crippen LogP contribution in [0.25, 0.3) is 0 Å². The molecule has 1 saturated carbocycles. The van der Waals surface area contributed by atoms with E-state index in [-0.39, 0.29) is 37.2 Å². The van der Waals surface area contributed by atoms with Crippen molar-refractivity contribution in [3.05, 3.63) is 90.0 Å². The molecule has 5 atom stereocenters. The van der Waals surface area contributed by atoms with Crippen molar-refractivity contribution in [1.82, 2.24) is 31.2 Å². The number of nitrogens with zero attached hydrogens (tertiary/aromatic N) is 2. The molecule has 60 heavy (non-hydrogen) atoms. The molecule has 0 bridgehead atoms. The molecule has 0 saturated heterocycles. The molecule has 0 unspecified atom stereocenters. The van der Waals surface area contributed by atoms with E-state index in [1.807, 2.05) is 60.7 Å². The maximum absolute atomic E-state index is 14.4. The van der Waals surface area contributed by atoms with Crippen molar-refractivity contribution in [2.75, 3.05) is 6.54 Å². The summed E-state index contributed by atoms with van der Waals surface area (Å²) in [4.78, 5) is 65.1. The zero-order valence-electron chi connectivity index (χ0n) is 35.8. The van der Waals surface area contributed by atoms with Crippen LogP contribution >= 0.6 is 0 Å². The highest BCUT2D eigenvalue weighted by atomic mass is 16.6. The van der Waals surface area contributed by atoms with Crippen LogP contribution in [0.15, 0.2) is 78.2 Å². The number of carbonyl (C=O) groups is 4. The van der Waals surface area contributed by atoms with Gasteiger partial charge in [-0.25, -0.2) is 14.6 Å².